The topological polar surface area (TPSA) is 41.9 Å². The van der Waals surface area contributed by atoms with Crippen molar-refractivity contribution in [1.82, 2.24) is 5.01 Å². The molecule has 0 atom stereocenters. The van der Waals surface area contributed by atoms with Crippen LogP contribution in [0, 0.1) is 0 Å². The lowest BCUT2D eigenvalue weighted by atomic mass is 10.0. The number of carbonyl (C=O) groups excluding carboxylic acids is 1. The molecular weight excluding hydrogens is 312 g/mol. The van der Waals surface area contributed by atoms with Gasteiger partial charge >= 0.3 is 0 Å². The van der Waals surface area contributed by atoms with Crippen LogP contribution in [0.2, 0.25) is 5.02 Å². The largest absolute Gasteiger partial charge is 0.497 e. The molecule has 118 valence electrons. The van der Waals surface area contributed by atoms with Crippen molar-refractivity contribution in [3.8, 4) is 5.75 Å². The van der Waals surface area contributed by atoms with Gasteiger partial charge in [-0.25, -0.2) is 5.01 Å². The molecule has 0 unspecified atom stereocenters. The fourth-order valence-corrected chi connectivity index (χ4v) is 2.64. The Hall–Kier alpha value is -2.33. The van der Waals surface area contributed by atoms with Crippen molar-refractivity contribution in [1.29, 1.82) is 0 Å². The lowest BCUT2D eigenvalue weighted by Gasteiger charge is -2.24. The summed E-state index contributed by atoms with van der Waals surface area (Å²) < 4.78 is 5.12. The van der Waals surface area contributed by atoms with E-state index in [4.69, 9.17) is 16.3 Å². The lowest BCUT2D eigenvalue weighted by Crippen LogP contribution is -2.32. The van der Waals surface area contributed by atoms with E-state index in [1.165, 1.54) is 5.01 Å². The normalized spacial score (nSPS) is 14.3. The summed E-state index contributed by atoms with van der Waals surface area (Å²) in [5, 5.41) is 6.75. The number of hydrogen-bond donors (Lipinski definition) is 0. The Morgan fingerprint density at radius 3 is 2.48 bits per heavy atom. The third-order valence-electron chi connectivity index (χ3n) is 3.77. The predicted molar refractivity (Wildman–Crippen MR) is 91.3 cm³/mol. The molecule has 23 heavy (non-hydrogen) atoms. The average Bonchev–Trinajstić information content (AvgIpc) is 2.62. The van der Waals surface area contributed by atoms with Crippen molar-refractivity contribution in [2.45, 2.75) is 12.8 Å². The van der Waals surface area contributed by atoms with E-state index < -0.39 is 0 Å². The molecule has 2 aromatic carbocycles. The molecule has 0 aliphatic carbocycles. The van der Waals surface area contributed by atoms with Gasteiger partial charge in [-0.15, -0.1) is 0 Å². The van der Waals surface area contributed by atoms with Gasteiger partial charge in [0.05, 0.1) is 12.8 Å². The number of halogens is 1. The first kappa shape index (κ1) is 15.6. The van der Waals surface area contributed by atoms with Crippen LogP contribution in [0.15, 0.2) is 53.6 Å². The maximum atomic E-state index is 12.6. The highest BCUT2D eigenvalue weighted by Gasteiger charge is 2.20. The molecule has 2 aromatic rings. The van der Waals surface area contributed by atoms with Crippen molar-refractivity contribution >= 4 is 23.2 Å². The van der Waals surface area contributed by atoms with E-state index in [0.29, 0.717) is 17.1 Å². The summed E-state index contributed by atoms with van der Waals surface area (Å²) in [6, 6.07) is 14.6. The fourth-order valence-electron chi connectivity index (χ4n) is 2.52. The number of rotatable bonds is 3. The molecule has 5 heteroatoms. The van der Waals surface area contributed by atoms with Crippen molar-refractivity contribution in [2.24, 2.45) is 5.10 Å². The number of hydrazone groups is 1. The summed E-state index contributed by atoms with van der Waals surface area (Å²) in [6.07, 6.45) is 1.75. The minimum Gasteiger partial charge on any atom is -0.497 e. The average molecular weight is 329 g/mol. The van der Waals surface area contributed by atoms with Crippen LogP contribution in [0.3, 0.4) is 0 Å². The van der Waals surface area contributed by atoms with Crippen LogP contribution in [-0.4, -0.2) is 30.3 Å². The highest BCUT2D eigenvalue weighted by molar-refractivity contribution is 6.30. The van der Waals surface area contributed by atoms with E-state index >= 15 is 0 Å². The quantitative estimate of drug-likeness (QED) is 0.855. The summed E-state index contributed by atoms with van der Waals surface area (Å²) in [5.41, 5.74) is 2.52. The third-order valence-corrected chi connectivity index (χ3v) is 4.03. The molecule has 0 aromatic heterocycles. The zero-order valence-corrected chi connectivity index (χ0v) is 13.6. The standard InChI is InChI=1S/C18H17ClN2O2/c1-23-16-10-6-14(7-11-16)18(22)21-12-2-3-17(20-21)13-4-8-15(19)9-5-13/h4-11H,2-3,12H2,1H3. The number of carbonyl (C=O) groups is 1. The molecule has 0 saturated heterocycles. The van der Waals surface area contributed by atoms with Gasteiger partial charge in [0.1, 0.15) is 5.75 Å². The van der Waals surface area contributed by atoms with E-state index in [1.807, 2.05) is 24.3 Å². The van der Waals surface area contributed by atoms with Crippen molar-refractivity contribution in [2.75, 3.05) is 13.7 Å². The highest BCUT2D eigenvalue weighted by atomic mass is 35.5. The molecule has 0 radical (unpaired) electrons. The number of methoxy groups -OCH3 is 1. The van der Waals surface area contributed by atoms with Crippen LogP contribution in [-0.2, 0) is 0 Å². The molecular formula is C18H17ClN2O2. The van der Waals surface area contributed by atoms with Gasteiger partial charge in [0, 0.05) is 17.1 Å². The van der Waals surface area contributed by atoms with Crippen LogP contribution in [0.4, 0.5) is 0 Å². The summed E-state index contributed by atoms with van der Waals surface area (Å²) in [6.45, 7) is 0.627. The summed E-state index contributed by atoms with van der Waals surface area (Å²) in [7, 11) is 1.60. The molecule has 1 aliphatic heterocycles. The summed E-state index contributed by atoms with van der Waals surface area (Å²) >= 11 is 5.92. The predicted octanol–water partition coefficient (Wildman–Crippen LogP) is 3.99. The fraction of sp³-hybridized carbons (Fsp3) is 0.222. The van der Waals surface area contributed by atoms with Gasteiger partial charge in [-0.05, 0) is 54.8 Å². The molecule has 0 fully saturated rings. The van der Waals surface area contributed by atoms with Gasteiger partial charge in [-0.1, -0.05) is 23.7 Å². The smallest absolute Gasteiger partial charge is 0.273 e. The zero-order valence-electron chi connectivity index (χ0n) is 12.8. The first-order valence-corrected chi connectivity index (χ1v) is 7.84. The third kappa shape index (κ3) is 3.54. The number of hydrogen-bond acceptors (Lipinski definition) is 3. The Morgan fingerprint density at radius 1 is 1.13 bits per heavy atom. The maximum absolute atomic E-state index is 12.6. The van der Waals surface area contributed by atoms with Gasteiger partial charge in [-0.3, -0.25) is 4.79 Å². The van der Waals surface area contributed by atoms with Gasteiger partial charge in [-0.2, -0.15) is 5.10 Å². The maximum Gasteiger partial charge on any atom is 0.273 e. The SMILES string of the molecule is COc1ccc(C(=O)N2CCCC(c3ccc(Cl)cc3)=N2)cc1. The Kier molecular flexibility index (Phi) is 4.63. The first-order valence-electron chi connectivity index (χ1n) is 7.47. The second-order valence-corrected chi connectivity index (χ2v) is 5.75. The van der Waals surface area contributed by atoms with Crippen LogP contribution in [0.25, 0.3) is 0 Å². The zero-order chi connectivity index (χ0) is 16.2. The van der Waals surface area contributed by atoms with Gasteiger partial charge in [0.15, 0.2) is 0 Å². The summed E-state index contributed by atoms with van der Waals surface area (Å²) in [5.74, 6) is 0.629. The first-order chi connectivity index (χ1) is 11.2. The Balaban J connectivity index is 1.82. The summed E-state index contributed by atoms with van der Waals surface area (Å²) in [4.78, 5) is 12.6. The lowest BCUT2D eigenvalue weighted by molar-refractivity contribution is 0.0751. The van der Waals surface area contributed by atoms with Crippen molar-refractivity contribution in [3.05, 3.63) is 64.7 Å². The molecule has 1 aliphatic rings. The van der Waals surface area contributed by atoms with Crippen LogP contribution in [0.5, 0.6) is 5.75 Å². The minimum absolute atomic E-state index is 0.0983. The molecule has 0 bridgehead atoms. The number of ether oxygens (including phenoxy) is 1. The number of amides is 1. The molecule has 1 amide bonds. The Morgan fingerprint density at radius 2 is 1.83 bits per heavy atom. The highest BCUT2D eigenvalue weighted by Crippen LogP contribution is 2.19. The second-order valence-electron chi connectivity index (χ2n) is 5.31. The number of benzene rings is 2. The molecule has 0 spiro atoms. The molecule has 0 saturated carbocycles. The van der Waals surface area contributed by atoms with E-state index in [1.54, 1.807) is 31.4 Å². The van der Waals surface area contributed by atoms with Gasteiger partial charge in [0.25, 0.3) is 5.91 Å². The van der Waals surface area contributed by atoms with Crippen LogP contribution < -0.4 is 4.74 Å². The van der Waals surface area contributed by atoms with E-state index in [2.05, 4.69) is 5.10 Å². The van der Waals surface area contributed by atoms with Crippen LogP contribution >= 0.6 is 11.6 Å². The van der Waals surface area contributed by atoms with E-state index in [-0.39, 0.29) is 5.91 Å². The van der Waals surface area contributed by atoms with Crippen LogP contribution in [0.1, 0.15) is 28.8 Å². The second kappa shape index (κ2) is 6.84. The van der Waals surface area contributed by atoms with E-state index in [9.17, 15) is 4.79 Å². The minimum atomic E-state index is -0.0983. The van der Waals surface area contributed by atoms with Gasteiger partial charge < -0.3 is 4.74 Å². The van der Waals surface area contributed by atoms with Crippen molar-refractivity contribution < 1.29 is 9.53 Å². The van der Waals surface area contributed by atoms with E-state index in [0.717, 1.165) is 29.9 Å². The molecule has 3 rings (SSSR count). The molecule has 4 nitrogen and oxygen atoms in total. The molecule has 0 N–H and O–H groups in total. The Labute approximate surface area is 140 Å². The number of nitrogens with zero attached hydrogens (tertiary/aromatic N) is 2. The molecule has 1 heterocycles. The monoisotopic (exact) mass is 328 g/mol. The van der Waals surface area contributed by atoms with Gasteiger partial charge in [0.2, 0.25) is 0 Å². The van der Waals surface area contributed by atoms with Crippen molar-refractivity contribution in [3.63, 3.8) is 0 Å². The Bertz CT molecular complexity index is 724.